The van der Waals surface area contributed by atoms with E-state index in [0.29, 0.717) is 0 Å². The molecule has 2 N–H and O–H groups in total. The summed E-state index contributed by atoms with van der Waals surface area (Å²) in [5, 5.41) is 0. The van der Waals surface area contributed by atoms with E-state index in [2.05, 4.69) is 58.7 Å². The molecule has 96 valence electrons. The maximum atomic E-state index is 5.70. The first kappa shape index (κ1) is 14.0. The van der Waals surface area contributed by atoms with Crippen LogP contribution in [0.3, 0.4) is 0 Å². The van der Waals surface area contributed by atoms with Gasteiger partial charge in [0.05, 0.1) is 0 Å². The second-order valence-electron chi connectivity index (χ2n) is 5.56. The summed E-state index contributed by atoms with van der Waals surface area (Å²) in [5.41, 5.74) is 11.2. The normalized spacial score (nSPS) is 11.7. The number of nitrogens with two attached hydrogens (primary N) is 1. The first-order chi connectivity index (χ1) is 7.81. The largest absolute Gasteiger partial charge is 0.369 e. The zero-order chi connectivity index (χ0) is 13.2. The van der Waals surface area contributed by atoms with Crippen molar-refractivity contribution in [1.29, 1.82) is 0 Å². The highest BCUT2D eigenvalue weighted by molar-refractivity contribution is 5.58. The Bertz CT molecular complexity index is 394. The molecule has 0 bridgehead atoms. The number of nitrogens with zero attached hydrogens (tertiary/aromatic N) is 1. The summed E-state index contributed by atoms with van der Waals surface area (Å²) in [5.74, 6) is 0. The summed E-state index contributed by atoms with van der Waals surface area (Å²) in [6.07, 6.45) is 0.996. The fourth-order valence-electron chi connectivity index (χ4n) is 2.15. The quantitative estimate of drug-likeness (QED) is 0.867. The van der Waals surface area contributed by atoms with Crippen molar-refractivity contribution < 1.29 is 0 Å². The number of aryl methyl sites for hydroxylation is 1. The number of hydrogen-bond acceptors (Lipinski definition) is 2. The fourth-order valence-corrected chi connectivity index (χ4v) is 2.15. The SMILES string of the molecule is Cc1ccc(N(C)C(C)(C)CCN)c(C)c1C. The molecular weight excluding hydrogens is 208 g/mol. The Morgan fingerprint density at radius 1 is 1.12 bits per heavy atom. The zero-order valence-corrected chi connectivity index (χ0v) is 12.1. The van der Waals surface area contributed by atoms with E-state index in [9.17, 15) is 0 Å². The van der Waals surface area contributed by atoms with Crippen molar-refractivity contribution in [3.63, 3.8) is 0 Å². The molecule has 0 amide bonds. The van der Waals surface area contributed by atoms with Gasteiger partial charge in [0.2, 0.25) is 0 Å². The average Bonchev–Trinajstić information content (AvgIpc) is 2.25. The lowest BCUT2D eigenvalue weighted by atomic mass is 9.95. The van der Waals surface area contributed by atoms with E-state index in [1.807, 2.05) is 0 Å². The molecule has 0 radical (unpaired) electrons. The summed E-state index contributed by atoms with van der Waals surface area (Å²) in [6, 6.07) is 4.42. The van der Waals surface area contributed by atoms with Crippen molar-refractivity contribution in [3.8, 4) is 0 Å². The van der Waals surface area contributed by atoms with Gasteiger partial charge in [-0.25, -0.2) is 0 Å². The van der Waals surface area contributed by atoms with Crippen LogP contribution in [0, 0.1) is 20.8 Å². The predicted molar refractivity (Wildman–Crippen MR) is 76.8 cm³/mol. The van der Waals surface area contributed by atoms with Crippen LogP contribution < -0.4 is 10.6 Å². The highest BCUT2D eigenvalue weighted by Gasteiger charge is 2.24. The minimum Gasteiger partial charge on any atom is -0.369 e. The van der Waals surface area contributed by atoms with Gasteiger partial charge >= 0.3 is 0 Å². The highest BCUT2D eigenvalue weighted by Crippen LogP contribution is 2.30. The van der Waals surface area contributed by atoms with E-state index in [1.54, 1.807) is 0 Å². The van der Waals surface area contributed by atoms with E-state index in [-0.39, 0.29) is 5.54 Å². The molecule has 1 rings (SSSR count). The summed E-state index contributed by atoms with van der Waals surface area (Å²) in [7, 11) is 2.16. The molecule has 0 spiro atoms. The van der Waals surface area contributed by atoms with Gasteiger partial charge in [-0.05, 0) is 70.3 Å². The molecule has 0 aliphatic heterocycles. The third-order valence-corrected chi connectivity index (χ3v) is 4.05. The number of hydrogen-bond donors (Lipinski definition) is 1. The van der Waals surface area contributed by atoms with Crippen LogP contribution in [-0.4, -0.2) is 19.1 Å². The van der Waals surface area contributed by atoms with E-state index in [4.69, 9.17) is 5.73 Å². The average molecular weight is 234 g/mol. The number of benzene rings is 1. The Kier molecular flexibility index (Phi) is 4.21. The predicted octanol–water partition coefficient (Wildman–Crippen LogP) is 3.18. The van der Waals surface area contributed by atoms with Crippen LogP contribution in [0.4, 0.5) is 5.69 Å². The van der Waals surface area contributed by atoms with Gasteiger partial charge in [-0.1, -0.05) is 6.07 Å². The van der Waals surface area contributed by atoms with Gasteiger partial charge in [0.25, 0.3) is 0 Å². The summed E-state index contributed by atoms with van der Waals surface area (Å²) >= 11 is 0. The first-order valence-electron chi connectivity index (χ1n) is 6.32. The molecular formula is C15H26N2. The second-order valence-corrected chi connectivity index (χ2v) is 5.56. The van der Waals surface area contributed by atoms with E-state index >= 15 is 0 Å². The summed E-state index contributed by atoms with van der Waals surface area (Å²) < 4.78 is 0. The van der Waals surface area contributed by atoms with Crippen molar-refractivity contribution in [2.45, 2.75) is 46.6 Å². The monoisotopic (exact) mass is 234 g/mol. The molecule has 1 aromatic rings. The Hall–Kier alpha value is -1.02. The van der Waals surface area contributed by atoms with E-state index in [1.165, 1.54) is 22.4 Å². The van der Waals surface area contributed by atoms with Crippen LogP contribution in [0.1, 0.15) is 37.0 Å². The van der Waals surface area contributed by atoms with E-state index < -0.39 is 0 Å². The third kappa shape index (κ3) is 2.81. The maximum Gasteiger partial charge on any atom is 0.0400 e. The van der Waals surface area contributed by atoms with Gasteiger partial charge in [0.1, 0.15) is 0 Å². The van der Waals surface area contributed by atoms with Crippen molar-refractivity contribution >= 4 is 5.69 Å². The van der Waals surface area contributed by atoms with Crippen molar-refractivity contribution in [3.05, 3.63) is 28.8 Å². The maximum absolute atomic E-state index is 5.70. The smallest absolute Gasteiger partial charge is 0.0400 e. The standard InChI is InChI=1S/C15H26N2/c1-11-7-8-14(13(3)12(11)2)17(6)15(4,5)9-10-16/h7-8H,9-10,16H2,1-6H3. The fraction of sp³-hybridized carbons (Fsp3) is 0.600. The molecule has 0 atom stereocenters. The summed E-state index contributed by atoms with van der Waals surface area (Å²) in [6.45, 7) is 11.8. The third-order valence-electron chi connectivity index (χ3n) is 4.05. The Morgan fingerprint density at radius 2 is 1.71 bits per heavy atom. The molecule has 2 heteroatoms. The highest BCUT2D eigenvalue weighted by atomic mass is 15.2. The lowest BCUT2D eigenvalue weighted by Crippen LogP contribution is -2.43. The molecule has 2 nitrogen and oxygen atoms in total. The molecule has 0 unspecified atom stereocenters. The molecule has 0 aliphatic carbocycles. The lowest BCUT2D eigenvalue weighted by molar-refractivity contribution is 0.455. The van der Waals surface area contributed by atoms with Crippen LogP contribution in [0.25, 0.3) is 0 Å². The van der Waals surface area contributed by atoms with Gasteiger partial charge in [-0.15, -0.1) is 0 Å². The zero-order valence-electron chi connectivity index (χ0n) is 12.1. The minimum atomic E-state index is 0.0984. The van der Waals surface area contributed by atoms with Crippen LogP contribution in [-0.2, 0) is 0 Å². The van der Waals surface area contributed by atoms with Crippen LogP contribution in [0.5, 0.6) is 0 Å². The van der Waals surface area contributed by atoms with Crippen LogP contribution in [0.15, 0.2) is 12.1 Å². The molecule has 1 aromatic carbocycles. The van der Waals surface area contributed by atoms with Crippen LogP contribution >= 0.6 is 0 Å². The summed E-state index contributed by atoms with van der Waals surface area (Å²) in [4.78, 5) is 2.35. The minimum absolute atomic E-state index is 0.0984. The van der Waals surface area contributed by atoms with Gasteiger partial charge in [-0.2, -0.15) is 0 Å². The van der Waals surface area contributed by atoms with Crippen LogP contribution in [0.2, 0.25) is 0 Å². The van der Waals surface area contributed by atoms with E-state index in [0.717, 1.165) is 13.0 Å². The van der Waals surface area contributed by atoms with Crippen molar-refractivity contribution in [1.82, 2.24) is 0 Å². The molecule has 17 heavy (non-hydrogen) atoms. The Morgan fingerprint density at radius 3 is 2.24 bits per heavy atom. The topological polar surface area (TPSA) is 29.3 Å². The molecule has 0 aliphatic rings. The van der Waals surface area contributed by atoms with Gasteiger partial charge < -0.3 is 10.6 Å². The molecule has 0 aromatic heterocycles. The number of rotatable bonds is 4. The van der Waals surface area contributed by atoms with Gasteiger partial charge in [-0.3, -0.25) is 0 Å². The van der Waals surface area contributed by atoms with Gasteiger partial charge in [0, 0.05) is 18.3 Å². The Balaban J connectivity index is 3.13. The number of anilines is 1. The van der Waals surface area contributed by atoms with Gasteiger partial charge in [0.15, 0.2) is 0 Å². The lowest BCUT2D eigenvalue weighted by Gasteiger charge is -2.38. The molecule has 0 saturated heterocycles. The van der Waals surface area contributed by atoms with Crippen molar-refractivity contribution in [2.75, 3.05) is 18.5 Å². The molecule has 0 fully saturated rings. The van der Waals surface area contributed by atoms with Crippen molar-refractivity contribution in [2.24, 2.45) is 5.73 Å². The molecule has 0 saturated carbocycles. The second kappa shape index (κ2) is 5.09. The first-order valence-corrected chi connectivity index (χ1v) is 6.32. The molecule has 0 heterocycles. The Labute approximate surface area is 106 Å².